The van der Waals surface area contributed by atoms with Gasteiger partial charge in [-0.05, 0) is 37.6 Å². The van der Waals surface area contributed by atoms with E-state index in [-0.39, 0.29) is 5.91 Å². The van der Waals surface area contributed by atoms with Crippen LogP contribution in [0.25, 0.3) is 10.7 Å². The van der Waals surface area contributed by atoms with Gasteiger partial charge in [-0.2, -0.15) is 5.10 Å². The Balaban J connectivity index is 1.44. The fourth-order valence-corrected chi connectivity index (χ4v) is 3.46. The first kappa shape index (κ1) is 15.9. The number of anilines is 1. The summed E-state index contributed by atoms with van der Waals surface area (Å²) in [7, 11) is 0. The largest absolute Gasteiger partial charge is 0.315 e. The van der Waals surface area contributed by atoms with E-state index < -0.39 is 0 Å². The molecule has 0 aromatic carbocycles. The van der Waals surface area contributed by atoms with Crippen molar-refractivity contribution in [2.45, 2.75) is 18.9 Å². The highest BCUT2D eigenvalue weighted by molar-refractivity contribution is 7.18. The number of pyridine rings is 1. The molecule has 25 heavy (non-hydrogen) atoms. The summed E-state index contributed by atoms with van der Waals surface area (Å²) in [6.45, 7) is 1.92. The molecule has 1 atom stereocenters. The van der Waals surface area contributed by atoms with Crippen molar-refractivity contribution in [3.8, 4) is 10.7 Å². The summed E-state index contributed by atoms with van der Waals surface area (Å²) < 4.78 is 1.86. The van der Waals surface area contributed by atoms with Crippen molar-refractivity contribution < 1.29 is 4.79 Å². The third kappa shape index (κ3) is 3.57. The first-order valence-electron chi connectivity index (χ1n) is 8.12. The highest BCUT2D eigenvalue weighted by atomic mass is 32.1. The normalized spacial score (nSPS) is 17.4. The van der Waals surface area contributed by atoms with Crippen molar-refractivity contribution in [2.75, 3.05) is 18.4 Å². The van der Waals surface area contributed by atoms with Gasteiger partial charge in [-0.15, -0.1) is 10.2 Å². The average molecular weight is 355 g/mol. The Morgan fingerprint density at radius 2 is 2.28 bits per heavy atom. The minimum Gasteiger partial charge on any atom is -0.315 e. The molecule has 2 N–H and O–H groups in total. The Hall–Kier alpha value is -2.65. The van der Waals surface area contributed by atoms with E-state index in [2.05, 4.69) is 30.9 Å². The number of nitrogens with zero attached hydrogens (tertiary/aromatic N) is 5. The smallest absolute Gasteiger partial charge is 0.277 e. The van der Waals surface area contributed by atoms with E-state index in [0.717, 1.165) is 31.6 Å². The number of amides is 1. The molecular formula is C16H17N7OS. The molecule has 3 aromatic rings. The second kappa shape index (κ2) is 7.08. The van der Waals surface area contributed by atoms with E-state index in [1.54, 1.807) is 12.3 Å². The van der Waals surface area contributed by atoms with Crippen molar-refractivity contribution in [3.63, 3.8) is 0 Å². The van der Waals surface area contributed by atoms with E-state index in [0.29, 0.717) is 21.9 Å². The fourth-order valence-electron chi connectivity index (χ4n) is 2.75. The summed E-state index contributed by atoms with van der Waals surface area (Å²) in [6, 6.07) is 7.60. The van der Waals surface area contributed by atoms with Crippen LogP contribution in [0.5, 0.6) is 0 Å². The Morgan fingerprint density at radius 1 is 1.32 bits per heavy atom. The quantitative estimate of drug-likeness (QED) is 0.743. The van der Waals surface area contributed by atoms with E-state index >= 15 is 0 Å². The first-order chi connectivity index (χ1) is 12.3. The third-order valence-corrected chi connectivity index (χ3v) is 4.88. The number of piperidine rings is 1. The Kier molecular flexibility index (Phi) is 4.49. The first-order valence-corrected chi connectivity index (χ1v) is 8.93. The molecule has 0 saturated carbocycles. The lowest BCUT2D eigenvalue weighted by Crippen LogP contribution is -2.32. The molecule has 0 spiro atoms. The van der Waals surface area contributed by atoms with Gasteiger partial charge < -0.3 is 5.32 Å². The lowest BCUT2D eigenvalue weighted by Gasteiger charge is -2.22. The summed E-state index contributed by atoms with van der Waals surface area (Å²) in [5.74, 6) is -0.286. The van der Waals surface area contributed by atoms with Crippen molar-refractivity contribution in [2.24, 2.45) is 0 Å². The van der Waals surface area contributed by atoms with Crippen molar-refractivity contribution in [1.82, 2.24) is 30.3 Å². The third-order valence-electron chi connectivity index (χ3n) is 4.02. The van der Waals surface area contributed by atoms with Crippen LogP contribution in [-0.4, -0.2) is 44.0 Å². The predicted octanol–water partition coefficient (Wildman–Crippen LogP) is 1.97. The van der Waals surface area contributed by atoms with Gasteiger partial charge in [0.1, 0.15) is 5.69 Å². The lowest BCUT2D eigenvalue weighted by molar-refractivity contribution is 0.102. The summed E-state index contributed by atoms with van der Waals surface area (Å²) >= 11 is 1.28. The standard InChI is InChI=1S/C16H17N7OS/c24-14(12-6-9-23(22-12)11-4-3-7-17-10-11)19-16-21-20-15(25-16)13-5-1-2-8-18-13/h1-2,5-6,8-9,11,17H,3-4,7,10H2,(H,19,21,24). The molecule has 128 valence electrons. The molecule has 1 aliphatic rings. The summed E-state index contributed by atoms with van der Waals surface area (Å²) in [5.41, 5.74) is 1.11. The van der Waals surface area contributed by atoms with Crippen LogP contribution < -0.4 is 10.6 Å². The van der Waals surface area contributed by atoms with Crippen molar-refractivity contribution in [3.05, 3.63) is 42.4 Å². The van der Waals surface area contributed by atoms with E-state index in [9.17, 15) is 4.79 Å². The fraction of sp³-hybridized carbons (Fsp3) is 0.312. The topological polar surface area (TPSA) is 97.6 Å². The second-order valence-corrected chi connectivity index (χ2v) is 6.74. The maximum absolute atomic E-state index is 12.4. The number of rotatable bonds is 4. The highest BCUT2D eigenvalue weighted by Gasteiger charge is 2.18. The molecule has 0 radical (unpaired) electrons. The van der Waals surface area contributed by atoms with Gasteiger partial charge in [0.2, 0.25) is 5.13 Å². The molecule has 0 bridgehead atoms. The summed E-state index contributed by atoms with van der Waals surface area (Å²) in [4.78, 5) is 16.6. The maximum atomic E-state index is 12.4. The van der Waals surface area contributed by atoms with Crippen LogP contribution in [0.15, 0.2) is 36.7 Å². The number of carbonyl (C=O) groups excluding carboxylic acids is 1. The van der Waals surface area contributed by atoms with Crippen LogP contribution in [0.3, 0.4) is 0 Å². The van der Waals surface area contributed by atoms with Gasteiger partial charge >= 0.3 is 0 Å². The minimum absolute atomic E-state index is 0.286. The van der Waals surface area contributed by atoms with Crippen LogP contribution in [0.1, 0.15) is 29.4 Å². The van der Waals surface area contributed by atoms with Gasteiger partial charge in [0.05, 0.1) is 6.04 Å². The van der Waals surface area contributed by atoms with E-state index in [1.165, 1.54) is 11.3 Å². The Morgan fingerprint density at radius 3 is 3.08 bits per heavy atom. The zero-order valence-electron chi connectivity index (χ0n) is 13.4. The predicted molar refractivity (Wildman–Crippen MR) is 94.5 cm³/mol. The van der Waals surface area contributed by atoms with Crippen LogP contribution in [0.4, 0.5) is 5.13 Å². The number of aromatic nitrogens is 5. The van der Waals surface area contributed by atoms with E-state index in [4.69, 9.17) is 0 Å². The second-order valence-electron chi connectivity index (χ2n) is 5.76. The van der Waals surface area contributed by atoms with E-state index in [1.807, 2.05) is 29.1 Å². The molecule has 1 amide bonds. The van der Waals surface area contributed by atoms with Crippen LogP contribution in [0.2, 0.25) is 0 Å². The average Bonchev–Trinajstić information content (AvgIpc) is 3.33. The van der Waals surface area contributed by atoms with Gasteiger partial charge in [-0.1, -0.05) is 17.4 Å². The van der Waals surface area contributed by atoms with Crippen molar-refractivity contribution in [1.29, 1.82) is 0 Å². The Labute approximate surface area is 148 Å². The van der Waals surface area contributed by atoms with Crippen LogP contribution >= 0.6 is 11.3 Å². The molecular weight excluding hydrogens is 338 g/mol. The summed E-state index contributed by atoms with van der Waals surface area (Å²) in [5, 5.41) is 19.7. The molecule has 1 unspecified atom stereocenters. The number of hydrogen-bond acceptors (Lipinski definition) is 7. The minimum atomic E-state index is -0.286. The zero-order chi connectivity index (χ0) is 17.1. The molecule has 1 saturated heterocycles. The molecule has 9 heteroatoms. The van der Waals surface area contributed by atoms with Gasteiger partial charge in [-0.25, -0.2) is 0 Å². The highest BCUT2D eigenvalue weighted by Crippen LogP contribution is 2.24. The Bertz CT molecular complexity index is 854. The molecule has 4 heterocycles. The number of carbonyl (C=O) groups is 1. The SMILES string of the molecule is O=C(Nc1nnc(-c2ccccn2)s1)c1ccn(C2CCCNC2)n1. The molecule has 3 aromatic heterocycles. The molecule has 1 aliphatic heterocycles. The molecule has 4 rings (SSSR count). The van der Waals surface area contributed by atoms with Crippen molar-refractivity contribution >= 4 is 22.4 Å². The molecule has 0 aliphatic carbocycles. The molecule has 1 fully saturated rings. The van der Waals surface area contributed by atoms with Gasteiger partial charge in [-0.3, -0.25) is 19.8 Å². The van der Waals surface area contributed by atoms with Gasteiger partial charge in [0, 0.05) is 18.9 Å². The zero-order valence-corrected chi connectivity index (χ0v) is 14.2. The lowest BCUT2D eigenvalue weighted by atomic mass is 10.1. The number of nitrogens with one attached hydrogen (secondary N) is 2. The van der Waals surface area contributed by atoms with Crippen LogP contribution in [-0.2, 0) is 0 Å². The molecule has 8 nitrogen and oxygen atoms in total. The van der Waals surface area contributed by atoms with Gasteiger partial charge in [0.15, 0.2) is 10.7 Å². The van der Waals surface area contributed by atoms with Gasteiger partial charge in [0.25, 0.3) is 5.91 Å². The monoisotopic (exact) mass is 355 g/mol. The van der Waals surface area contributed by atoms with Crippen LogP contribution in [0, 0.1) is 0 Å². The number of hydrogen-bond donors (Lipinski definition) is 2. The maximum Gasteiger partial charge on any atom is 0.277 e. The summed E-state index contributed by atoms with van der Waals surface area (Å²) in [6.07, 6.45) is 5.74.